The average molecular weight is 663 g/mol. The van der Waals surface area contributed by atoms with Gasteiger partial charge in [0.2, 0.25) is 11.8 Å². The lowest BCUT2D eigenvalue weighted by molar-refractivity contribution is 0.0715. The smallest absolute Gasteiger partial charge is 0.254 e. The zero-order valence-corrected chi connectivity index (χ0v) is 28.0. The van der Waals surface area contributed by atoms with Crippen LogP contribution in [0.1, 0.15) is 87.6 Å². The Morgan fingerprint density at radius 1 is 1.04 bits per heavy atom. The van der Waals surface area contributed by atoms with Crippen molar-refractivity contribution < 1.29 is 23.5 Å². The van der Waals surface area contributed by atoms with Gasteiger partial charge in [0, 0.05) is 48.7 Å². The van der Waals surface area contributed by atoms with Crippen molar-refractivity contribution >= 4 is 11.8 Å². The van der Waals surface area contributed by atoms with Crippen LogP contribution >= 0.6 is 0 Å². The van der Waals surface area contributed by atoms with E-state index in [1.54, 1.807) is 29.4 Å². The molecule has 3 aromatic heterocycles. The number of pyridine rings is 1. The zero-order valence-electron chi connectivity index (χ0n) is 28.0. The van der Waals surface area contributed by atoms with E-state index in [4.69, 9.17) is 8.83 Å². The standard InChI is InChI=1S/C38H42N6O5/c1-24(2)31-14-27(19-39-21-31)20-40-22-34(45)32(15-26-8-5-4-6-9-26)43-35(46)28-16-29(36-41-11-13-48-36)18-30(17-28)38(47)44-12-7-10-33(44)37-42-25(3)23-49-37/h4-6,8-9,11,13-14,16-19,21,23-24,32-34,40,45H,7,10,12,15,20,22H2,1-3H3,(H,43,46)/t32-,33+,34+/m0/s1. The van der Waals surface area contributed by atoms with E-state index in [9.17, 15) is 14.7 Å². The molecule has 254 valence electrons. The highest BCUT2D eigenvalue weighted by Gasteiger charge is 2.34. The van der Waals surface area contributed by atoms with Crippen LogP contribution in [-0.4, -0.2) is 62.0 Å². The number of benzene rings is 2. The maximum Gasteiger partial charge on any atom is 0.254 e. The summed E-state index contributed by atoms with van der Waals surface area (Å²) < 4.78 is 11.2. The number of amides is 2. The number of carbonyl (C=O) groups excluding carboxylic acids is 2. The molecule has 0 aliphatic carbocycles. The average Bonchev–Trinajstić information content (AvgIpc) is 3.91. The van der Waals surface area contributed by atoms with Crippen molar-refractivity contribution in [3.8, 4) is 11.5 Å². The third kappa shape index (κ3) is 8.30. The van der Waals surface area contributed by atoms with Gasteiger partial charge in [-0.3, -0.25) is 14.6 Å². The third-order valence-electron chi connectivity index (χ3n) is 8.80. The number of rotatable bonds is 13. The number of oxazole rings is 2. The van der Waals surface area contributed by atoms with Gasteiger partial charge in [-0.15, -0.1) is 0 Å². The molecule has 2 aromatic carbocycles. The number of carbonyl (C=O) groups is 2. The zero-order chi connectivity index (χ0) is 34.3. The summed E-state index contributed by atoms with van der Waals surface area (Å²) in [6, 6.07) is 15.8. The summed E-state index contributed by atoms with van der Waals surface area (Å²) in [7, 11) is 0. The molecule has 5 aromatic rings. The molecule has 6 rings (SSSR count). The molecule has 3 atom stereocenters. The van der Waals surface area contributed by atoms with Gasteiger partial charge in [0.15, 0.2) is 0 Å². The Kier molecular flexibility index (Phi) is 10.6. The summed E-state index contributed by atoms with van der Waals surface area (Å²) in [5.74, 6) is 0.460. The van der Waals surface area contributed by atoms with Crippen molar-refractivity contribution in [3.63, 3.8) is 0 Å². The van der Waals surface area contributed by atoms with Gasteiger partial charge in [-0.1, -0.05) is 50.2 Å². The van der Waals surface area contributed by atoms with Crippen LogP contribution in [0, 0.1) is 6.92 Å². The van der Waals surface area contributed by atoms with Crippen molar-refractivity contribution in [3.05, 3.63) is 125 Å². The van der Waals surface area contributed by atoms with E-state index in [1.807, 2.05) is 49.6 Å². The third-order valence-corrected chi connectivity index (χ3v) is 8.80. The number of aliphatic hydroxyl groups is 1. The number of hydrogen-bond donors (Lipinski definition) is 3. The first-order valence-corrected chi connectivity index (χ1v) is 16.7. The fourth-order valence-electron chi connectivity index (χ4n) is 6.16. The number of aryl methyl sites for hydroxylation is 1. The normalized spacial score (nSPS) is 15.8. The highest BCUT2D eigenvalue weighted by Crippen LogP contribution is 2.33. The van der Waals surface area contributed by atoms with Gasteiger partial charge >= 0.3 is 0 Å². The van der Waals surface area contributed by atoms with E-state index in [0.717, 1.165) is 35.2 Å². The molecule has 11 heteroatoms. The molecule has 0 bridgehead atoms. The lowest BCUT2D eigenvalue weighted by Gasteiger charge is -2.25. The van der Waals surface area contributed by atoms with Crippen molar-refractivity contribution in [2.75, 3.05) is 13.1 Å². The summed E-state index contributed by atoms with van der Waals surface area (Å²) in [4.78, 5) is 42.9. The topological polar surface area (TPSA) is 147 Å². The van der Waals surface area contributed by atoms with Crippen LogP contribution in [0.15, 0.2) is 94.5 Å². The SMILES string of the molecule is Cc1coc([C@H]2CCCN2C(=O)c2cc(C(=O)N[C@@H](Cc3ccccc3)[C@H](O)CNCc3cncc(C(C)C)c3)cc(-c3ncco3)c2)n1. The fourth-order valence-corrected chi connectivity index (χ4v) is 6.16. The van der Waals surface area contributed by atoms with Gasteiger partial charge in [-0.05, 0) is 67.0 Å². The minimum atomic E-state index is -0.920. The summed E-state index contributed by atoms with van der Waals surface area (Å²) >= 11 is 0. The van der Waals surface area contributed by atoms with Gasteiger partial charge in [0.05, 0.1) is 24.0 Å². The summed E-state index contributed by atoms with van der Waals surface area (Å²) in [5, 5.41) is 17.8. The van der Waals surface area contributed by atoms with Gasteiger partial charge < -0.3 is 29.5 Å². The molecule has 0 radical (unpaired) electrons. The molecule has 4 heterocycles. The summed E-state index contributed by atoms with van der Waals surface area (Å²) in [6.07, 6.45) is 9.22. The predicted octanol–water partition coefficient (Wildman–Crippen LogP) is 5.63. The molecule has 0 spiro atoms. The number of hydrogen-bond acceptors (Lipinski definition) is 9. The largest absolute Gasteiger partial charge is 0.446 e. The molecular weight excluding hydrogens is 620 g/mol. The lowest BCUT2D eigenvalue weighted by atomic mass is 9.99. The van der Waals surface area contributed by atoms with Crippen molar-refractivity contribution in [1.29, 1.82) is 0 Å². The van der Waals surface area contributed by atoms with E-state index in [0.29, 0.717) is 42.4 Å². The maximum atomic E-state index is 14.0. The quantitative estimate of drug-likeness (QED) is 0.146. The van der Waals surface area contributed by atoms with E-state index < -0.39 is 18.1 Å². The molecule has 11 nitrogen and oxygen atoms in total. The molecular formula is C38H42N6O5. The second-order valence-corrected chi connectivity index (χ2v) is 12.9. The molecule has 0 saturated carbocycles. The van der Waals surface area contributed by atoms with Gasteiger partial charge in [0.25, 0.3) is 11.8 Å². The monoisotopic (exact) mass is 662 g/mol. The van der Waals surface area contributed by atoms with Crippen LogP contribution in [0.2, 0.25) is 0 Å². The number of aliphatic hydroxyl groups excluding tert-OH is 1. The second-order valence-electron chi connectivity index (χ2n) is 12.9. The number of nitrogens with zero attached hydrogens (tertiary/aromatic N) is 4. The highest BCUT2D eigenvalue weighted by atomic mass is 16.3. The number of nitrogens with one attached hydrogen (secondary N) is 2. The van der Waals surface area contributed by atoms with Crippen molar-refractivity contribution in [2.24, 2.45) is 0 Å². The molecule has 1 aliphatic heterocycles. The van der Waals surface area contributed by atoms with Crippen LogP contribution in [0.5, 0.6) is 0 Å². The second kappa shape index (κ2) is 15.4. The van der Waals surface area contributed by atoms with Crippen molar-refractivity contribution in [2.45, 2.75) is 70.7 Å². The Labute approximate surface area is 285 Å². The maximum absolute atomic E-state index is 14.0. The number of likely N-dealkylation sites (tertiary alicyclic amines) is 1. The van der Waals surface area contributed by atoms with E-state index >= 15 is 0 Å². The predicted molar refractivity (Wildman–Crippen MR) is 184 cm³/mol. The molecule has 1 saturated heterocycles. The molecule has 1 fully saturated rings. The van der Waals surface area contributed by atoms with Gasteiger partial charge in [-0.25, -0.2) is 9.97 Å². The van der Waals surface area contributed by atoms with Crippen LogP contribution in [0.4, 0.5) is 0 Å². The first kappa shape index (κ1) is 33.8. The summed E-state index contributed by atoms with van der Waals surface area (Å²) in [5.41, 5.74) is 4.92. The Morgan fingerprint density at radius 3 is 2.59 bits per heavy atom. The Bertz CT molecular complexity index is 1860. The Balaban J connectivity index is 1.23. The molecule has 2 amide bonds. The van der Waals surface area contributed by atoms with Crippen molar-refractivity contribution in [1.82, 2.24) is 30.5 Å². The first-order valence-electron chi connectivity index (χ1n) is 16.7. The van der Waals surface area contributed by atoms with E-state index in [-0.39, 0.29) is 29.9 Å². The number of aromatic nitrogens is 3. The molecule has 49 heavy (non-hydrogen) atoms. The minimum absolute atomic E-state index is 0.237. The van der Waals surface area contributed by atoms with Gasteiger partial charge in [-0.2, -0.15) is 0 Å². The minimum Gasteiger partial charge on any atom is -0.446 e. The lowest BCUT2D eigenvalue weighted by Crippen LogP contribution is -2.48. The van der Waals surface area contributed by atoms with E-state index in [1.165, 1.54) is 12.5 Å². The van der Waals surface area contributed by atoms with Crippen LogP contribution in [0.3, 0.4) is 0 Å². The van der Waals surface area contributed by atoms with Crippen LogP contribution < -0.4 is 10.6 Å². The van der Waals surface area contributed by atoms with Gasteiger partial charge in [0.1, 0.15) is 18.6 Å². The van der Waals surface area contributed by atoms with E-state index in [2.05, 4.69) is 45.5 Å². The molecule has 3 N–H and O–H groups in total. The Hall–Kier alpha value is -5.13. The van der Waals surface area contributed by atoms with Crippen LogP contribution in [0.25, 0.3) is 11.5 Å². The van der Waals surface area contributed by atoms with Crippen LogP contribution in [-0.2, 0) is 13.0 Å². The fraction of sp³-hybridized carbons (Fsp3) is 0.342. The molecule has 1 aliphatic rings. The Morgan fingerprint density at radius 2 is 1.86 bits per heavy atom. The molecule has 0 unspecified atom stereocenters. The highest BCUT2D eigenvalue weighted by molar-refractivity contribution is 6.01. The first-order chi connectivity index (χ1) is 23.7. The summed E-state index contributed by atoms with van der Waals surface area (Å²) in [6.45, 7) is 7.38.